The second kappa shape index (κ2) is 6.61. The molecule has 2 nitrogen and oxygen atoms in total. The molecule has 0 aromatic carbocycles. The van der Waals surface area contributed by atoms with Gasteiger partial charge in [-0.15, -0.1) is 0 Å². The van der Waals surface area contributed by atoms with E-state index in [1.165, 1.54) is 0 Å². The van der Waals surface area contributed by atoms with Crippen LogP contribution in [0.2, 0.25) is 0 Å². The number of nitriles is 2. The molecular formula is C9H13FN2. The number of halogens is 1. The van der Waals surface area contributed by atoms with Crippen molar-refractivity contribution in [2.75, 3.05) is 6.67 Å². The van der Waals surface area contributed by atoms with E-state index in [1.54, 1.807) is 6.92 Å². The normalized spacial score (nSPS) is 14.3. The first-order valence-corrected chi connectivity index (χ1v) is 4.07. The summed E-state index contributed by atoms with van der Waals surface area (Å²) in [7, 11) is 0. The van der Waals surface area contributed by atoms with Gasteiger partial charge in [-0.1, -0.05) is 6.92 Å². The van der Waals surface area contributed by atoms with Crippen molar-refractivity contribution in [1.82, 2.24) is 0 Å². The van der Waals surface area contributed by atoms with Gasteiger partial charge in [0.05, 0.1) is 18.8 Å². The lowest BCUT2D eigenvalue weighted by Crippen LogP contribution is -2.06. The number of rotatable bonds is 5. The summed E-state index contributed by atoms with van der Waals surface area (Å²) < 4.78 is 12.0. The van der Waals surface area contributed by atoms with Crippen molar-refractivity contribution in [3.8, 4) is 12.1 Å². The summed E-state index contributed by atoms with van der Waals surface area (Å²) in [5.74, 6) is -0.219. The SMILES string of the molecule is CC(CF)CC(C#N)CCC#N. The molecule has 0 aromatic rings. The maximum Gasteiger partial charge on any atom is 0.0920 e. The zero-order valence-electron chi connectivity index (χ0n) is 7.26. The Balaban J connectivity index is 3.70. The minimum absolute atomic E-state index is 0.0617. The number of hydrogen-bond acceptors (Lipinski definition) is 2. The fraction of sp³-hybridized carbons (Fsp3) is 0.778. The largest absolute Gasteiger partial charge is 0.251 e. The molecule has 0 heterocycles. The fourth-order valence-electron chi connectivity index (χ4n) is 1.02. The zero-order chi connectivity index (χ0) is 9.40. The van der Waals surface area contributed by atoms with E-state index in [-0.39, 0.29) is 18.5 Å². The third kappa shape index (κ3) is 4.68. The van der Waals surface area contributed by atoms with Crippen molar-refractivity contribution in [3.05, 3.63) is 0 Å². The maximum absolute atomic E-state index is 12.0. The van der Waals surface area contributed by atoms with E-state index in [2.05, 4.69) is 6.07 Å². The highest BCUT2D eigenvalue weighted by Crippen LogP contribution is 2.16. The van der Waals surface area contributed by atoms with Crippen LogP contribution in [0.5, 0.6) is 0 Å². The summed E-state index contributed by atoms with van der Waals surface area (Å²) in [4.78, 5) is 0. The predicted octanol–water partition coefficient (Wildman–Crippen LogP) is 2.43. The van der Waals surface area contributed by atoms with Crippen LogP contribution in [0.25, 0.3) is 0 Å². The van der Waals surface area contributed by atoms with Gasteiger partial charge >= 0.3 is 0 Å². The van der Waals surface area contributed by atoms with Gasteiger partial charge in [0.1, 0.15) is 0 Å². The van der Waals surface area contributed by atoms with Crippen LogP contribution in [0.4, 0.5) is 4.39 Å². The molecule has 2 unspecified atom stereocenters. The summed E-state index contributed by atoms with van der Waals surface area (Å²) in [5, 5.41) is 16.9. The Hall–Kier alpha value is -1.09. The third-order valence-corrected chi connectivity index (χ3v) is 1.74. The molecule has 0 fully saturated rings. The minimum Gasteiger partial charge on any atom is -0.251 e. The molecule has 0 N–H and O–H groups in total. The van der Waals surface area contributed by atoms with Gasteiger partial charge in [0, 0.05) is 12.3 Å². The van der Waals surface area contributed by atoms with Crippen LogP contribution in [-0.4, -0.2) is 6.67 Å². The first-order chi connectivity index (χ1) is 5.74. The van der Waals surface area contributed by atoms with Crippen LogP contribution < -0.4 is 0 Å². The summed E-state index contributed by atoms with van der Waals surface area (Å²) >= 11 is 0. The Bertz CT molecular complexity index is 190. The van der Waals surface area contributed by atoms with E-state index in [9.17, 15) is 4.39 Å². The van der Waals surface area contributed by atoms with E-state index in [0.717, 1.165) is 0 Å². The first-order valence-electron chi connectivity index (χ1n) is 4.07. The van der Waals surface area contributed by atoms with E-state index in [0.29, 0.717) is 19.3 Å². The van der Waals surface area contributed by atoms with Gasteiger partial charge in [-0.25, -0.2) is 0 Å². The molecule has 3 heteroatoms. The zero-order valence-corrected chi connectivity index (χ0v) is 7.26. The molecule has 0 saturated heterocycles. The average molecular weight is 168 g/mol. The fourth-order valence-corrected chi connectivity index (χ4v) is 1.02. The van der Waals surface area contributed by atoms with Crippen molar-refractivity contribution < 1.29 is 4.39 Å². The summed E-state index contributed by atoms with van der Waals surface area (Å²) in [6.07, 6.45) is 1.52. The smallest absolute Gasteiger partial charge is 0.0920 e. The molecule has 0 aliphatic heterocycles. The van der Waals surface area contributed by atoms with Crippen LogP contribution >= 0.6 is 0 Å². The van der Waals surface area contributed by atoms with Crippen molar-refractivity contribution in [2.45, 2.75) is 26.2 Å². The van der Waals surface area contributed by atoms with Crippen LogP contribution in [-0.2, 0) is 0 Å². The molecule has 0 radical (unpaired) electrons. The van der Waals surface area contributed by atoms with Gasteiger partial charge in [-0.3, -0.25) is 4.39 Å². The molecule has 0 saturated carbocycles. The molecule has 0 rings (SSSR count). The van der Waals surface area contributed by atoms with E-state index in [4.69, 9.17) is 10.5 Å². The molecule has 66 valence electrons. The lowest BCUT2D eigenvalue weighted by atomic mass is 9.94. The monoisotopic (exact) mass is 168 g/mol. The van der Waals surface area contributed by atoms with Crippen LogP contribution in [0.3, 0.4) is 0 Å². The van der Waals surface area contributed by atoms with E-state index < -0.39 is 0 Å². The highest BCUT2D eigenvalue weighted by Gasteiger charge is 2.11. The topological polar surface area (TPSA) is 47.6 Å². The van der Waals surface area contributed by atoms with E-state index >= 15 is 0 Å². The Morgan fingerprint density at radius 2 is 2.08 bits per heavy atom. The molecular weight excluding hydrogens is 155 g/mol. The van der Waals surface area contributed by atoms with Crippen molar-refractivity contribution >= 4 is 0 Å². The van der Waals surface area contributed by atoms with Crippen LogP contribution in [0, 0.1) is 34.5 Å². The maximum atomic E-state index is 12.0. The molecule has 0 aromatic heterocycles. The second-order valence-electron chi connectivity index (χ2n) is 3.02. The molecule has 0 bridgehead atoms. The summed E-state index contributed by atoms with van der Waals surface area (Å²) in [5.41, 5.74) is 0. The Labute approximate surface area is 72.6 Å². The molecule has 0 aliphatic carbocycles. The van der Waals surface area contributed by atoms with Gasteiger partial charge in [0.15, 0.2) is 0 Å². The van der Waals surface area contributed by atoms with Gasteiger partial charge < -0.3 is 0 Å². The highest BCUT2D eigenvalue weighted by atomic mass is 19.1. The molecule has 2 atom stereocenters. The van der Waals surface area contributed by atoms with Gasteiger partial charge in [-0.05, 0) is 18.8 Å². The quantitative estimate of drug-likeness (QED) is 0.632. The minimum atomic E-state index is -0.384. The highest BCUT2D eigenvalue weighted by molar-refractivity contribution is 4.86. The standard InChI is InChI=1S/C9H13FN2/c1-8(6-10)5-9(7-12)3-2-4-11/h8-9H,2-3,5-6H2,1H3. The van der Waals surface area contributed by atoms with Crippen molar-refractivity contribution in [2.24, 2.45) is 11.8 Å². The van der Waals surface area contributed by atoms with Gasteiger partial charge in [0.25, 0.3) is 0 Å². The number of hydrogen-bond donors (Lipinski definition) is 0. The lowest BCUT2D eigenvalue weighted by Gasteiger charge is -2.10. The van der Waals surface area contributed by atoms with E-state index in [1.807, 2.05) is 6.07 Å². The van der Waals surface area contributed by atoms with Crippen molar-refractivity contribution in [1.29, 1.82) is 10.5 Å². The molecule has 12 heavy (non-hydrogen) atoms. The Morgan fingerprint density at radius 3 is 2.50 bits per heavy atom. The van der Waals surface area contributed by atoms with Crippen LogP contribution in [0.1, 0.15) is 26.2 Å². The first kappa shape index (κ1) is 10.9. The average Bonchev–Trinajstić information content (AvgIpc) is 2.11. The van der Waals surface area contributed by atoms with Crippen LogP contribution in [0.15, 0.2) is 0 Å². The second-order valence-corrected chi connectivity index (χ2v) is 3.02. The predicted molar refractivity (Wildman–Crippen MR) is 43.7 cm³/mol. The summed E-state index contributed by atoms with van der Waals surface area (Å²) in [6.45, 7) is 1.39. The molecule has 0 aliphatic rings. The lowest BCUT2D eigenvalue weighted by molar-refractivity contribution is 0.334. The number of alkyl halides is 1. The third-order valence-electron chi connectivity index (χ3n) is 1.74. The van der Waals surface area contributed by atoms with Gasteiger partial charge in [-0.2, -0.15) is 10.5 Å². The Kier molecular flexibility index (Phi) is 6.01. The number of nitrogens with zero attached hydrogens (tertiary/aromatic N) is 2. The Morgan fingerprint density at radius 1 is 1.42 bits per heavy atom. The molecule has 0 amide bonds. The summed E-state index contributed by atoms with van der Waals surface area (Å²) in [6, 6.07) is 4.06. The van der Waals surface area contributed by atoms with Gasteiger partial charge in [0.2, 0.25) is 0 Å². The van der Waals surface area contributed by atoms with Crippen molar-refractivity contribution in [3.63, 3.8) is 0 Å². The molecule has 0 spiro atoms.